The highest BCUT2D eigenvalue weighted by atomic mass is 16.8. The molecule has 2 heterocycles. The summed E-state index contributed by atoms with van der Waals surface area (Å²) in [5.41, 5.74) is 0.947. The van der Waals surface area contributed by atoms with Crippen LogP contribution in [0, 0.1) is 0 Å². The number of benzene rings is 3. The second-order valence-electron chi connectivity index (χ2n) is 9.58. The molecular formula is C30H28O9. The monoisotopic (exact) mass is 532 g/mol. The van der Waals surface area contributed by atoms with Gasteiger partial charge in [-0.3, -0.25) is 0 Å². The van der Waals surface area contributed by atoms with Crippen molar-refractivity contribution in [1.82, 2.24) is 0 Å². The van der Waals surface area contributed by atoms with Crippen molar-refractivity contribution in [3.63, 3.8) is 0 Å². The minimum atomic E-state index is -1.15. The van der Waals surface area contributed by atoms with Gasteiger partial charge in [0.1, 0.15) is 12.7 Å². The summed E-state index contributed by atoms with van der Waals surface area (Å²) in [4.78, 5) is 38.8. The highest BCUT2D eigenvalue weighted by Crippen LogP contribution is 2.40. The second-order valence-corrected chi connectivity index (χ2v) is 9.58. The molecule has 2 saturated heterocycles. The fourth-order valence-electron chi connectivity index (χ4n) is 4.49. The third-order valence-electron chi connectivity index (χ3n) is 6.30. The number of ether oxygens (including phenoxy) is 6. The molecular weight excluding hydrogens is 504 g/mol. The molecule has 0 aliphatic carbocycles. The Morgan fingerprint density at radius 3 is 1.82 bits per heavy atom. The van der Waals surface area contributed by atoms with Crippen LogP contribution in [0.5, 0.6) is 0 Å². The van der Waals surface area contributed by atoms with Crippen molar-refractivity contribution in [3.8, 4) is 0 Å². The van der Waals surface area contributed by atoms with E-state index in [1.54, 1.807) is 105 Å². The summed E-state index contributed by atoms with van der Waals surface area (Å²) in [6.07, 6.45) is -4.95. The van der Waals surface area contributed by atoms with Crippen molar-refractivity contribution < 1.29 is 42.8 Å². The number of carbonyl (C=O) groups excluding carboxylic acids is 3. The van der Waals surface area contributed by atoms with Crippen LogP contribution in [0.2, 0.25) is 0 Å². The summed E-state index contributed by atoms with van der Waals surface area (Å²) in [6, 6.07) is 25.2. The highest BCUT2D eigenvalue weighted by Gasteiger charge is 2.59. The van der Waals surface area contributed by atoms with E-state index in [-0.39, 0.29) is 6.61 Å². The first kappa shape index (κ1) is 26.6. The third-order valence-corrected chi connectivity index (χ3v) is 6.30. The van der Waals surface area contributed by atoms with E-state index < -0.39 is 54.4 Å². The average molecular weight is 533 g/mol. The van der Waals surface area contributed by atoms with Gasteiger partial charge in [-0.25, -0.2) is 14.4 Å². The van der Waals surface area contributed by atoms with Crippen LogP contribution in [-0.4, -0.2) is 61.0 Å². The van der Waals surface area contributed by atoms with Gasteiger partial charge < -0.3 is 28.4 Å². The van der Waals surface area contributed by atoms with Gasteiger partial charge in [0.2, 0.25) is 0 Å². The van der Waals surface area contributed by atoms with Gasteiger partial charge in [-0.05, 0) is 50.2 Å². The van der Waals surface area contributed by atoms with Gasteiger partial charge in [-0.2, -0.15) is 0 Å². The van der Waals surface area contributed by atoms with Gasteiger partial charge in [-0.1, -0.05) is 54.6 Å². The molecule has 2 aliphatic rings. The Kier molecular flexibility index (Phi) is 7.74. The van der Waals surface area contributed by atoms with Crippen LogP contribution in [0.1, 0.15) is 44.9 Å². The maximum atomic E-state index is 13.0. The molecule has 0 saturated carbocycles. The van der Waals surface area contributed by atoms with Crippen LogP contribution in [0.25, 0.3) is 0 Å². The van der Waals surface area contributed by atoms with E-state index in [1.165, 1.54) is 0 Å². The molecule has 202 valence electrons. The molecule has 5 atom stereocenters. The van der Waals surface area contributed by atoms with Gasteiger partial charge in [0.05, 0.1) is 16.7 Å². The normalized spacial score (nSPS) is 23.8. The summed E-state index contributed by atoms with van der Waals surface area (Å²) in [6.45, 7) is 3.07. The maximum Gasteiger partial charge on any atom is 0.338 e. The quantitative estimate of drug-likeness (QED) is 0.312. The predicted molar refractivity (Wildman–Crippen MR) is 137 cm³/mol. The Bertz CT molecular complexity index is 1290. The standard InChI is InChI=1S/C30H28O9/c1-30(2)38-25-24(36-28(33)21-16-10-5-11-17-21)23(37-29(25)39-30)22(35-27(32)20-14-8-4-9-15-20)18-34-26(31)19-12-6-3-7-13-19/h3-17,22-25,29H,18H2,1-2H3/t22-,23-,24+,25-,29-/m1/s1. The first-order valence-electron chi connectivity index (χ1n) is 12.6. The first-order valence-corrected chi connectivity index (χ1v) is 12.6. The van der Waals surface area contributed by atoms with E-state index >= 15 is 0 Å². The molecule has 5 rings (SSSR count). The fourth-order valence-corrected chi connectivity index (χ4v) is 4.49. The fraction of sp³-hybridized carbons (Fsp3) is 0.300. The number of esters is 3. The summed E-state index contributed by atoms with van der Waals surface area (Å²) in [7, 11) is 0. The Hall–Kier alpha value is -4.05. The van der Waals surface area contributed by atoms with Gasteiger partial charge in [0.15, 0.2) is 30.4 Å². The molecule has 0 bridgehead atoms. The van der Waals surface area contributed by atoms with Crippen LogP contribution in [-0.2, 0) is 28.4 Å². The smallest absolute Gasteiger partial charge is 0.338 e. The van der Waals surface area contributed by atoms with Crippen molar-refractivity contribution in [3.05, 3.63) is 108 Å². The van der Waals surface area contributed by atoms with Crippen LogP contribution >= 0.6 is 0 Å². The van der Waals surface area contributed by atoms with Crippen molar-refractivity contribution in [2.45, 2.75) is 50.3 Å². The molecule has 2 aliphatic heterocycles. The molecule has 0 aromatic heterocycles. The molecule has 0 N–H and O–H groups in total. The van der Waals surface area contributed by atoms with Crippen LogP contribution in [0.4, 0.5) is 0 Å². The lowest BCUT2D eigenvalue weighted by atomic mass is 10.1. The molecule has 0 amide bonds. The minimum absolute atomic E-state index is 0.293. The molecule has 9 heteroatoms. The molecule has 0 radical (unpaired) electrons. The summed E-state index contributed by atoms with van der Waals surface area (Å²) in [5.74, 6) is -2.88. The Morgan fingerprint density at radius 2 is 1.26 bits per heavy atom. The van der Waals surface area contributed by atoms with Crippen LogP contribution in [0.15, 0.2) is 91.0 Å². The molecule has 0 spiro atoms. The van der Waals surface area contributed by atoms with Crippen molar-refractivity contribution in [1.29, 1.82) is 0 Å². The lowest BCUT2D eigenvalue weighted by Gasteiger charge is -2.30. The Morgan fingerprint density at radius 1 is 0.744 bits per heavy atom. The number of rotatable bonds is 8. The van der Waals surface area contributed by atoms with E-state index in [0.29, 0.717) is 16.7 Å². The maximum absolute atomic E-state index is 13.0. The van der Waals surface area contributed by atoms with Crippen molar-refractivity contribution in [2.24, 2.45) is 0 Å². The molecule has 2 fully saturated rings. The lowest BCUT2D eigenvalue weighted by Crippen LogP contribution is -2.47. The van der Waals surface area contributed by atoms with Crippen molar-refractivity contribution >= 4 is 17.9 Å². The number of carbonyl (C=O) groups is 3. The lowest BCUT2D eigenvalue weighted by molar-refractivity contribution is -0.227. The van der Waals surface area contributed by atoms with Crippen molar-refractivity contribution in [2.75, 3.05) is 6.61 Å². The number of hydrogen-bond donors (Lipinski definition) is 0. The average Bonchev–Trinajstić information content (AvgIpc) is 3.43. The van der Waals surface area contributed by atoms with Gasteiger partial charge >= 0.3 is 17.9 Å². The third kappa shape index (κ3) is 6.17. The van der Waals surface area contributed by atoms with E-state index in [4.69, 9.17) is 28.4 Å². The molecule has 0 unspecified atom stereocenters. The highest BCUT2D eigenvalue weighted by molar-refractivity contribution is 5.90. The molecule has 39 heavy (non-hydrogen) atoms. The zero-order valence-electron chi connectivity index (χ0n) is 21.4. The molecule has 3 aromatic rings. The molecule has 3 aromatic carbocycles. The SMILES string of the molecule is CC1(C)O[C@H]2O[C@H]([C@@H](COC(=O)c3ccccc3)OC(=O)c3ccccc3)[C@H](OC(=O)c3ccccc3)[C@H]2O1. The number of hydrogen-bond acceptors (Lipinski definition) is 9. The van der Waals surface area contributed by atoms with E-state index in [1.807, 2.05) is 0 Å². The van der Waals surface area contributed by atoms with E-state index in [0.717, 1.165) is 0 Å². The summed E-state index contributed by atoms with van der Waals surface area (Å²) >= 11 is 0. The van der Waals surface area contributed by atoms with E-state index in [9.17, 15) is 14.4 Å². The van der Waals surface area contributed by atoms with Gasteiger partial charge in [-0.15, -0.1) is 0 Å². The first-order chi connectivity index (χ1) is 18.8. The summed E-state index contributed by atoms with van der Waals surface area (Å²) in [5, 5.41) is 0. The van der Waals surface area contributed by atoms with Gasteiger partial charge in [0, 0.05) is 0 Å². The second kappa shape index (κ2) is 11.4. The zero-order chi connectivity index (χ0) is 27.4. The van der Waals surface area contributed by atoms with Crippen LogP contribution < -0.4 is 0 Å². The Labute approximate surface area is 225 Å². The van der Waals surface area contributed by atoms with Gasteiger partial charge in [0.25, 0.3) is 0 Å². The van der Waals surface area contributed by atoms with Crippen LogP contribution in [0.3, 0.4) is 0 Å². The minimum Gasteiger partial charge on any atom is -0.458 e. The predicted octanol–water partition coefficient (Wildman–Crippen LogP) is 4.17. The Balaban J connectivity index is 1.41. The zero-order valence-corrected chi connectivity index (χ0v) is 21.4. The van der Waals surface area contributed by atoms with E-state index in [2.05, 4.69) is 0 Å². The topological polar surface area (TPSA) is 107 Å². The summed E-state index contributed by atoms with van der Waals surface area (Å²) < 4.78 is 35.2. The molecule has 9 nitrogen and oxygen atoms in total. The largest absolute Gasteiger partial charge is 0.458 e. The number of fused-ring (bicyclic) bond motifs is 1.